The third-order valence-electron chi connectivity index (χ3n) is 1.61. The zero-order chi connectivity index (χ0) is 12.7. The van der Waals surface area contributed by atoms with Crippen LogP contribution >= 0.6 is 23.1 Å². The topological polar surface area (TPSA) is 117 Å². The average Bonchev–Trinajstić information content (AvgIpc) is 2.75. The van der Waals surface area contributed by atoms with Crippen molar-refractivity contribution < 1.29 is 4.79 Å². The standard InChI is InChI=1S/C9H13N5OS2/c10-8(11)14-9(12)17-5-7(15)13-4-6-2-1-3-16-6/h1-3H,4-5H2,(H,13,15)(H5,10,11,12,14). The van der Waals surface area contributed by atoms with Gasteiger partial charge < -0.3 is 16.8 Å². The number of hydrogen-bond acceptors (Lipinski definition) is 4. The summed E-state index contributed by atoms with van der Waals surface area (Å²) in [7, 11) is 0. The summed E-state index contributed by atoms with van der Waals surface area (Å²) in [6, 6.07) is 3.87. The third-order valence-corrected chi connectivity index (χ3v) is 3.26. The minimum atomic E-state index is -0.179. The van der Waals surface area contributed by atoms with E-state index in [4.69, 9.17) is 16.9 Å². The summed E-state index contributed by atoms with van der Waals surface area (Å²) in [6.45, 7) is 0.507. The number of nitrogens with zero attached hydrogens (tertiary/aromatic N) is 1. The molecule has 92 valence electrons. The molecule has 0 saturated heterocycles. The quantitative estimate of drug-likeness (QED) is 0.465. The molecule has 1 rings (SSSR count). The van der Waals surface area contributed by atoms with Gasteiger partial charge in [0, 0.05) is 4.88 Å². The van der Waals surface area contributed by atoms with Crippen LogP contribution in [0, 0.1) is 5.41 Å². The molecule has 0 fully saturated rings. The van der Waals surface area contributed by atoms with Gasteiger partial charge in [-0.3, -0.25) is 10.2 Å². The predicted molar refractivity (Wildman–Crippen MR) is 72.2 cm³/mol. The zero-order valence-corrected chi connectivity index (χ0v) is 10.6. The van der Waals surface area contributed by atoms with Crippen molar-refractivity contribution in [2.45, 2.75) is 6.54 Å². The Balaban J connectivity index is 2.22. The van der Waals surface area contributed by atoms with Gasteiger partial charge in [0.25, 0.3) is 0 Å². The van der Waals surface area contributed by atoms with Crippen molar-refractivity contribution in [3.8, 4) is 0 Å². The van der Waals surface area contributed by atoms with Gasteiger partial charge in [-0.05, 0) is 11.4 Å². The molecule has 1 aromatic rings. The summed E-state index contributed by atoms with van der Waals surface area (Å²) in [6.07, 6.45) is 0. The minimum absolute atomic E-state index is 0.0729. The number of nitrogens with two attached hydrogens (primary N) is 2. The highest BCUT2D eigenvalue weighted by atomic mass is 32.2. The summed E-state index contributed by atoms with van der Waals surface area (Å²) in [4.78, 5) is 16.0. The lowest BCUT2D eigenvalue weighted by molar-refractivity contribution is -0.118. The monoisotopic (exact) mass is 271 g/mol. The van der Waals surface area contributed by atoms with Crippen LogP contribution in [-0.2, 0) is 11.3 Å². The Morgan fingerprint density at radius 2 is 2.35 bits per heavy atom. The Morgan fingerprint density at radius 1 is 1.59 bits per heavy atom. The largest absolute Gasteiger partial charge is 0.370 e. The average molecular weight is 271 g/mol. The van der Waals surface area contributed by atoms with Crippen LogP contribution in [0.25, 0.3) is 0 Å². The van der Waals surface area contributed by atoms with Gasteiger partial charge >= 0.3 is 0 Å². The predicted octanol–water partition coefficient (Wildman–Crippen LogP) is 0.306. The van der Waals surface area contributed by atoms with Gasteiger partial charge in [0.15, 0.2) is 11.1 Å². The number of carbonyl (C=O) groups is 1. The Bertz CT molecular complexity index is 411. The number of amides is 1. The van der Waals surface area contributed by atoms with Crippen molar-refractivity contribution in [3.05, 3.63) is 22.4 Å². The third kappa shape index (κ3) is 5.93. The highest BCUT2D eigenvalue weighted by Crippen LogP contribution is 2.08. The first-order valence-corrected chi connectivity index (χ1v) is 6.54. The minimum Gasteiger partial charge on any atom is -0.370 e. The molecular formula is C9H13N5OS2. The highest BCUT2D eigenvalue weighted by Gasteiger charge is 2.04. The molecule has 1 heterocycles. The number of carbonyl (C=O) groups excluding carboxylic acids is 1. The molecule has 8 heteroatoms. The lowest BCUT2D eigenvalue weighted by Crippen LogP contribution is -2.26. The number of amidine groups is 1. The van der Waals surface area contributed by atoms with Crippen LogP contribution in [-0.4, -0.2) is 22.8 Å². The van der Waals surface area contributed by atoms with Crippen LogP contribution in [0.2, 0.25) is 0 Å². The van der Waals surface area contributed by atoms with Gasteiger partial charge in [-0.15, -0.1) is 11.3 Å². The van der Waals surface area contributed by atoms with E-state index < -0.39 is 0 Å². The van der Waals surface area contributed by atoms with Crippen molar-refractivity contribution >= 4 is 40.1 Å². The van der Waals surface area contributed by atoms with Crippen molar-refractivity contribution in [2.75, 3.05) is 5.75 Å². The van der Waals surface area contributed by atoms with Crippen molar-refractivity contribution in [2.24, 2.45) is 16.5 Å². The molecular weight excluding hydrogens is 258 g/mol. The zero-order valence-electron chi connectivity index (χ0n) is 8.97. The molecule has 0 aliphatic carbocycles. The molecule has 6 N–H and O–H groups in total. The molecule has 0 saturated carbocycles. The van der Waals surface area contributed by atoms with Crippen LogP contribution in [0.3, 0.4) is 0 Å². The number of rotatable bonds is 4. The summed E-state index contributed by atoms with van der Waals surface area (Å²) in [5.74, 6) is -0.207. The SMILES string of the molecule is N=C(N=C(N)N)SCC(=O)NCc1cccs1. The molecule has 0 radical (unpaired) electrons. The number of guanidine groups is 1. The van der Waals surface area contributed by atoms with Gasteiger partial charge in [0.2, 0.25) is 5.91 Å². The molecule has 0 bridgehead atoms. The molecule has 0 unspecified atom stereocenters. The fraction of sp³-hybridized carbons (Fsp3) is 0.222. The molecule has 6 nitrogen and oxygen atoms in total. The molecule has 0 aliphatic rings. The molecule has 0 aromatic carbocycles. The van der Waals surface area contributed by atoms with E-state index in [0.29, 0.717) is 6.54 Å². The second-order valence-corrected chi connectivity index (χ2v) is 4.98. The van der Waals surface area contributed by atoms with Crippen LogP contribution in [0.5, 0.6) is 0 Å². The molecule has 0 spiro atoms. The summed E-state index contributed by atoms with van der Waals surface area (Å²) >= 11 is 2.56. The number of thiophene rings is 1. The number of hydrogen-bond donors (Lipinski definition) is 4. The van der Waals surface area contributed by atoms with Gasteiger partial charge in [-0.1, -0.05) is 17.8 Å². The van der Waals surface area contributed by atoms with Crippen molar-refractivity contribution in [3.63, 3.8) is 0 Å². The van der Waals surface area contributed by atoms with E-state index >= 15 is 0 Å². The van der Waals surface area contributed by atoms with Crippen molar-refractivity contribution in [1.82, 2.24) is 5.32 Å². The summed E-state index contributed by atoms with van der Waals surface area (Å²) in [5, 5.41) is 11.9. The van der Waals surface area contributed by atoms with E-state index in [1.807, 2.05) is 17.5 Å². The lowest BCUT2D eigenvalue weighted by Gasteiger charge is -2.02. The van der Waals surface area contributed by atoms with Crippen LogP contribution in [0.15, 0.2) is 22.5 Å². The fourth-order valence-corrected chi connectivity index (χ4v) is 2.12. The number of nitrogens with one attached hydrogen (secondary N) is 2. The molecule has 0 aliphatic heterocycles. The number of aliphatic imine (C=N–C) groups is 1. The van der Waals surface area contributed by atoms with Crippen molar-refractivity contribution in [1.29, 1.82) is 5.41 Å². The van der Waals surface area contributed by atoms with Crippen LogP contribution in [0.4, 0.5) is 0 Å². The Morgan fingerprint density at radius 3 is 2.94 bits per heavy atom. The van der Waals surface area contributed by atoms with Gasteiger partial charge in [-0.25, -0.2) is 0 Å². The molecule has 17 heavy (non-hydrogen) atoms. The van der Waals surface area contributed by atoms with Gasteiger partial charge in [0.1, 0.15) is 0 Å². The van der Waals surface area contributed by atoms with E-state index in [1.54, 1.807) is 11.3 Å². The second-order valence-electron chi connectivity index (χ2n) is 2.99. The van der Waals surface area contributed by atoms with E-state index in [2.05, 4.69) is 10.3 Å². The highest BCUT2D eigenvalue weighted by molar-refractivity contribution is 8.14. The first-order chi connectivity index (χ1) is 8.08. The second kappa shape index (κ2) is 6.92. The molecule has 0 atom stereocenters. The van der Waals surface area contributed by atoms with E-state index in [-0.39, 0.29) is 22.8 Å². The Kier molecular flexibility index (Phi) is 5.50. The first kappa shape index (κ1) is 13.5. The van der Waals surface area contributed by atoms with Crippen LogP contribution < -0.4 is 16.8 Å². The van der Waals surface area contributed by atoms with E-state index in [0.717, 1.165) is 16.6 Å². The maximum Gasteiger partial charge on any atom is 0.230 e. The van der Waals surface area contributed by atoms with E-state index in [1.165, 1.54) is 0 Å². The maximum absolute atomic E-state index is 11.4. The van der Waals surface area contributed by atoms with Gasteiger partial charge in [-0.2, -0.15) is 4.99 Å². The first-order valence-electron chi connectivity index (χ1n) is 4.68. The van der Waals surface area contributed by atoms with Gasteiger partial charge in [0.05, 0.1) is 12.3 Å². The fourth-order valence-electron chi connectivity index (χ4n) is 0.933. The molecule has 1 amide bonds. The number of thioether (sulfide) groups is 1. The Labute approximate surface area is 107 Å². The summed E-state index contributed by atoms with van der Waals surface area (Å²) < 4.78 is 0. The Hall–Kier alpha value is -1.54. The normalized spacial score (nSPS) is 9.65. The maximum atomic E-state index is 11.4. The van der Waals surface area contributed by atoms with Crippen LogP contribution in [0.1, 0.15) is 4.88 Å². The smallest absolute Gasteiger partial charge is 0.230 e. The molecule has 1 aromatic heterocycles. The lowest BCUT2D eigenvalue weighted by atomic mass is 10.4. The summed E-state index contributed by atoms with van der Waals surface area (Å²) in [5.41, 5.74) is 10.2. The van der Waals surface area contributed by atoms with E-state index in [9.17, 15) is 4.79 Å².